The van der Waals surface area contributed by atoms with Gasteiger partial charge >= 0.3 is 6.01 Å². The Morgan fingerprint density at radius 2 is 1.79 bits per heavy atom. The molecule has 33 heavy (non-hydrogen) atoms. The molecule has 0 unspecified atom stereocenters. The second kappa shape index (κ2) is 8.14. The number of aryl methyl sites for hydroxylation is 1. The summed E-state index contributed by atoms with van der Waals surface area (Å²) in [6.07, 6.45) is 2.94. The van der Waals surface area contributed by atoms with Crippen molar-refractivity contribution < 1.29 is 9.13 Å². The average Bonchev–Trinajstić information content (AvgIpc) is 3.09. The van der Waals surface area contributed by atoms with E-state index < -0.39 is 5.82 Å². The van der Waals surface area contributed by atoms with Crippen LogP contribution in [0.4, 0.5) is 15.9 Å². The lowest BCUT2D eigenvalue weighted by atomic mass is 10.1. The summed E-state index contributed by atoms with van der Waals surface area (Å²) in [6.45, 7) is 1.80. The minimum absolute atomic E-state index is 0.00173. The molecule has 5 aromatic rings. The number of halogens is 2. The first-order valence-corrected chi connectivity index (χ1v) is 10.7. The number of benzene rings is 2. The number of hydrogen-bond acceptors (Lipinski definition) is 7. The van der Waals surface area contributed by atoms with Crippen LogP contribution in [0.2, 0.25) is 0 Å². The van der Waals surface area contributed by atoms with E-state index in [1.165, 1.54) is 18.5 Å². The topological polar surface area (TPSA) is 118 Å². The molecule has 0 bridgehead atoms. The van der Waals surface area contributed by atoms with Gasteiger partial charge in [-0.05, 0) is 58.7 Å². The summed E-state index contributed by atoms with van der Waals surface area (Å²) in [6, 6.07) is 13.7. The molecule has 8 nitrogen and oxygen atoms in total. The number of hydrogen-bond donors (Lipinski definition) is 2. The van der Waals surface area contributed by atoms with Gasteiger partial charge in [-0.15, -0.1) is 0 Å². The molecule has 164 valence electrons. The fraction of sp³-hybridized carbons (Fsp3) is 0.0435. The van der Waals surface area contributed by atoms with Gasteiger partial charge in [-0.25, -0.2) is 24.3 Å². The lowest BCUT2D eigenvalue weighted by Gasteiger charge is -2.14. The molecule has 0 spiro atoms. The van der Waals surface area contributed by atoms with E-state index in [1.54, 1.807) is 42.0 Å². The second-order valence-electron chi connectivity index (χ2n) is 7.27. The van der Waals surface area contributed by atoms with Crippen LogP contribution in [0, 0.1) is 12.7 Å². The van der Waals surface area contributed by atoms with Crippen molar-refractivity contribution in [3.05, 3.63) is 77.0 Å². The zero-order valence-corrected chi connectivity index (χ0v) is 18.9. The van der Waals surface area contributed by atoms with Crippen molar-refractivity contribution in [3.8, 4) is 28.7 Å². The Bertz CT molecular complexity index is 1500. The molecule has 4 N–H and O–H groups in total. The molecule has 3 heterocycles. The summed E-state index contributed by atoms with van der Waals surface area (Å²) in [7, 11) is 0. The Kier molecular flexibility index (Phi) is 5.14. The molecule has 0 saturated carbocycles. The first-order chi connectivity index (χ1) is 15.9. The summed E-state index contributed by atoms with van der Waals surface area (Å²) >= 11 is 3.64. The summed E-state index contributed by atoms with van der Waals surface area (Å²) in [5.41, 5.74) is 16.6. The van der Waals surface area contributed by atoms with Crippen LogP contribution in [-0.2, 0) is 0 Å². The van der Waals surface area contributed by atoms with E-state index in [4.69, 9.17) is 16.2 Å². The van der Waals surface area contributed by atoms with E-state index in [0.717, 1.165) is 11.3 Å². The predicted octanol–water partition coefficient (Wildman–Crippen LogP) is 5.04. The van der Waals surface area contributed by atoms with Crippen molar-refractivity contribution in [2.45, 2.75) is 6.92 Å². The van der Waals surface area contributed by atoms with E-state index in [2.05, 4.69) is 35.9 Å². The molecule has 0 aliphatic carbocycles. The maximum atomic E-state index is 15.1. The standard InChI is InChI=1S/C23H17BrFN7O/c1-12-8-9-28-23(31-12)33-17-7-6-15(10-16(17)25)32-20(13-2-4-14(26)5-3-13)18(24)19-21(32)22(27)30-11-29-19/h2-11H,26H2,1H3,(H2,27,29,30). The molecule has 0 amide bonds. The van der Waals surface area contributed by atoms with E-state index in [0.29, 0.717) is 32.6 Å². The van der Waals surface area contributed by atoms with Crippen LogP contribution in [0.1, 0.15) is 5.69 Å². The Hall–Kier alpha value is -4.05. The molecular weight excluding hydrogens is 489 g/mol. The van der Waals surface area contributed by atoms with E-state index >= 15 is 4.39 Å². The van der Waals surface area contributed by atoms with E-state index in [1.807, 2.05) is 12.1 Å². The Morgan fingerprint density at radius 3 is 2.52 bits per heavy atom. The number of rotatable bonds is 4. The van der Waals surface area contributed by atoms with E-state index in [-0.39, 0.29) is 17.6 Å². The maximum absolute atomic E-state index is 15.1. The molecule has 0 atom stereocenters. The molecule has 3 aromatic heterocycles. The van der Waals surface area contributed by atoms with Crippen LogP contribution >= 0.6 is 15.9 Å². The fourth-order valence-corrected chi connectivity index (χ4v) is 4.23. The van der Waals surface area contributed by atoms with Crippen LogP contribution in [-0.4, -0.2) is 24.5 Å². The highest BCUT2D eigenvalue weighted by atomic mass is 79.9. The van der Waals surface area contributed by atoms with Gasteiger partial charge in [-0.1, -0.05) is 12.1 Å². The number of nitrogen functional groups attached to an aromatic ring is 2. The van der Waals surface area contributed by atoms with Gasteiger partial charge in [0, 0.05) is 29.3 Å². The minimum atomic E-state index is -0.589. The number of fused-ring (bicyclic) bond motifs is 1. The third-order valence-corrected chi connectivity index (χ3v) is 5.80. The minimum Gasteiger partial charge on any atom is -0.421 e. The summed E-state index contributed by atoms with van der Waals surface area (Å²) < 4.78 is 23.2. The largest absolute Gasteiger partial charge is 0.421 e. The van der Waals surface area contributed by atoms with Gasteiger partial charge in [0.25, 0.3) is 0 Å². The van der Waals surface area contributed by atoms with Crippen LogP contribution in [0.15, 0.2) is 65.5 Å². The second-order valence-corrected chi connectivity index (χ2v) is 8.07. The summed E-state index contributed by atoms with van der Waals surface area (Å²) in [5, 5.41) is 0. The molecule has 0 radical (unpaired) electrons. The smallest absolute Gasteiger partial charge is 0.322 e. The third kappa shape index (κ3) is 3.74. The normalized spacial score (nSPS) is 11.1. The zero-order valence-electron chi connectivity index (χ0n) is 17.3. The SMILES string of the molecule is Cc1ccnc(Oc2ccc(-n3c(-c4ccc(N)cc4)c(Br)c4ncnc(N)c43)cc2F)n1. The first-order valence-electron chi connectivity index (χ1n) is 9.86. The van der Waals surface area contributed by atoms with Gasteiger partial charge in [-0.3, -0.25) is 0 Å². The highest BCUT2D eigenvalue weighted by molar-refractivity contribution is 9.10. The molecule has 10 heteroatoms. The van der Waals surface area contributed by atoms with Crippen LogP contribution in [0.5, 0.6) is 11.8 Å². The van der Waals surface area contributed by atoms with Gasteiger partial charge < -0.3 is 20.8 Å². The first kappa shape index (κ1) is 20.8. The molecule has 5 rings (SSSR count). The number of anilines is 2. The molecule has 0 aliphatic heterocycles. The number of ether oxygens (including phenoxy) is 1. The highest BCUT2D eigenvalue weighted by Crippen LogP contribution is 2.41. The van der Waals surface area contributed by atoms with Crippen LogP contribution < -0.4 is 16.2 Å². The Morgan fingerprint density at radius 1 is 1.00 bits per heavy atom. The van der Waals surface area contributed by atoms with Gasteiger partial charge in [0.1, 0.15) is 17.4 Å². The highest BCUT2D eigenvalue weighted by Gasteiger charge is 2.22. The van der Waals surface area contributed by atoms with Crippen molar-refractivity contribution >= 4 is 38.5 Å². The fourth-order valence-electron chi connectivity index (χ4n) is 3.54. The van der Waals surface area contributed by atoms with Crippen LogP contribution in [0.25, 0.3) is 28.0 Å². The van der Waals surface area contributed by atoms with Crippen LogP contribution in [0.3, 0.4) is 0 Å². The molecular formula is C23H17BrFN7O. The van der Waals surface area contributed by atoms with Crippen molar-refractivity contribution in [3.63, 3.8) is 0 Å². The molecule has 0 saturated heterocycles. The van der Waals surface area contributed by atoms with Crippen molar-refractivity contribution in [1.82, 2.24) is 24.5 Å². The monoisotopic (exact) mass is 505 g/mol. The number of nitrogens with zero attached hydrogens (tertiary/aromatic N) is 5. The average molecular weight is 506 g/mol. The van der Waals surface area contributed by atoms with Gasteiger partial charge in [0.15, 0.2) is 17.4 Å². The lowest BCUT2D eigenvalue weighted by Crippen LogP contribution is -2.02. The van der Waals surface area contributed by atoms with E-state index in [9.17, 15) is 0 Å². The van der Waals surface area contributed by atoms with Crippen molar-refractivity contribution in [2.24, 2.45) is 0 Å². The maximum Gasteiger partial charge on any atom is 0.322 e. The predicted molar refractivity (Wildman–Crippen MR) is 128 cm³/mol. The zero-order chi connectivity index (χ0) is 23.1. The summed E-state index contributed by atoms with van der Waals surface area (Å²) in [5.74, 6) is -0.330. The summed E-state index contributed by atoms with van der Waals surface area (Å²) in [4.78, 5) is 16.7. The molecule has 0 fully saturated rings. The number of aromatic nitrogens is 5. The van der Waals surface area contributed by atoms with Crippen molar-refractivity contribution in [2.75, 3.05) is 11.5 Å². The van der Waals surface area contributed by atoms with Gasteiger partial charge in [0.05, 0.1) is 10.2 Å². The van der Waals surface area contributed by atoms with Gasteiger partial charge in [-0.2, -0.15) is 0 Å². The molecule has 2 aromatic carbocycles. The van der Waals surface area contributed by atoms with Crippen molar-refractivity contribution in [1.29, 1.82) is 0 Å². The third-order valence-electron chi connectivity index (χ3n) is 5.05. The Balaban J connectivity index is 1.69. The molecule has 0 aliphatic rings. The van der Waals surface area contributed by atoms with Gasteiger partial charge in [0.2, 0.25) is 0 Å². The Labute approximate surface area is 196 Å². The number of nitrogens with two attached hydrogens (primary N) is 2. The lowest BCUT2D eigenvalue weighted by molar-refractivity contribution is 0.410. The quantitative estimate of drug-likeness (QED) is 0.328.